The summed E-state index contributed by atoms with van der Waals surface area (Å²) in [6.07, 6.45) is 0. The third-order valence-electron chi connectivity index (χ3n) is 3.38. The Balaban J connectivity index is 1.68. The first-order chi connectivity index (χ1) is 12.3. The van der Waals surface area contributed by atoms with Crippen LogP contribution in [0.15, 0.2) is 63.3 Å². The fraction of sp³-hybridized carbons (Fsp3) is 0.0588. The third-order valence-corrected chi connectivity index (χ3v) is 6.56. The molecule has 0 aliphatic rings. The Morgan fingerprint density at radius 1 is 1.12 bits per heavy atom. The van der Waals surface area contributed by atoms with Gasteiger partial charge < -0.3 is 5.32 Å². The zero-order valence-corrected chi connectivity index (χ0v) is 17.1. The van der Waals surface area contributed by atoms with E-state index >= 15 is 0 Å². The first-order valence-electron chi connectivity index (χ1n) is 7.33. The van der Waals surface area contributed by atoms with Gasteiger partial charge in [0.25, 0.3) is 0 Å². The van der Waals surface area contributed by atoms with Crippen LogP contribution in [0.25, 0.3) is 11.3 Å². The van der Waals surface area contributed by atoms with Gasteiger partial charge in [0.1, 0.15) is 5.75 Å². The van der Waals surface area contributed by atoms with Crippen LogP contribution in [-0.2, 0) is 14.6 Å². The van der Waals surface area contributed by atoms with Crippen LogP contribution in [0.1, 0.15) is 0 Å². The molecule has 0 unspecified atom stereocenters. The van der Waals surface area contributed by atoms with E-state index in [1.807, 2.05) is 24.3 Å². The largest absolute Gasteiger partial charge is 0.301 e. The molecule has 1 heterocycles. The van der Waals surface area contributed by atoms with Crippen LogP contribution in [0.3, 0.4) is 0 Å². The minimum Gasteiger partial charge on any atom is -0.301 e. The average molecular weight is 472 g/mol. The van der Waals surface area contributed by atoms with E-state index in [1.165, 1.54) is 35.6 Å². The van der Waals surface area contributed by atoms with E-state index in [0.29, 0.717) is 15.8 Å². The van der Waals surface area contributed by atoms with Gasteiger partial charge in [0.15, 0.2) is 15.0 Å². The van der Waals surface area contributed by atoms with Crippen molar-refractivity contribution in [2.45, 2.75) is 4.90 Å². The Kier molecular flexibility index (Phi) is 5.76. The molecule has 134 valence electrons. The van der Waals surface area contributed by atoms with Crippen LogP contribution >= 0.6 is 38.9 Å². The predicted molar refractivity (Wildman–Crippen MR) is 107 cm³/mol. The highest BCUT2D eigenvalue weighted by Gasteiger charge is 2.20. The van der Waals surface area contributed by atoms with Crippen LogP contribution in [0, 0.1) is 0 Å². The maximum atomic E-state index is 12.3. The van der Waals surface area contributed by atoms with Gasteiger partial charge in [-0.05, 0) is 36.4 Å². The van der Waals surface area contributed by atoms with Gasteiger partial charge in [-0.2, -0.15) is 0 Å². The minimum atomic E-state index is -3.75. The Morgan fingerprint density at radius 2 is 1.77 bits per heavy atom. The van der Waals surface area contributed by atoms with Gasteiger partial charge >= 0.3 is 0 Å². The van der Waals surface area contributed by atoms with Gasteiger partial charge in [0, 0.05) is 20.4 Å². The van der Waals surface area contributed by atoms with E-state index in [2.05, 4.69) is 26.2 Å². The zero-order valence-electron chi connectivity index (χ0n) is 13.1. The second-order valence-corrected chi connectivity index (χ2v) is 9.51. The van der Waals surface area contributed by atoms with E-state index in [1.54, 1.807) is 5.38 Å². The third kappa shape index (κ3) is 4.70. The monoisotopic (exact) mass is 470 g/mol. The molecule has 1 amide bonds. The van der Waals surface area contributed by atoms with Crippen molar-refractivity contribution in [3.05, 3.63) is 63.4 Å². The van der Waals surface area contributed by atoms with Gasteiger partial charge in [0.05, 0.1) is 10.6 Å². The molecule has 3 rings (SSSR count). The van der Waals surface area contributed by atoms with E-state index in [-0.39, 0.29) is 4.90 Å². The number of amides is 1. The van der Waals surface area contributed by atoms with Crippen LogP contribution in [0.4, 0.5) is 5.13 Å². The lowest BCUT2D eigenvalue weighted by molar-refractivity contribution is -0.113. The van der Waals surface area contributed by atoms with Gasteiger partial charge in [-0.1, -0.05) is 39.7 Å². The molecule has 0 fully saturated rings. The highest BCUT2D eigenvalue weighted by molar-refractivity contribution is 9.10. The number of hydrogen-bond donors (Lipinski definition) is 1. The molecule has 0 aliphatic heterocycles. The summed E-state index contributed by atoms with van der Waals surface area (Å²) in [7, 11) is -3.75. The Morgan fingerprint density at radius 3 is 2.42 bits per heavy atom. The Bertz CT molecular complexity index is 1030. The topological polar surface area (TPSA) is 76.1 Å². The zero-order chi connectivity index (χ0) is 18.7. The molecule has 0 bridgehead atoms. The second-order valence-electron chi connectivity index (χ2n) is 5.31. The Labute approximate surface area is 168 Å². The number of benzene rings is 2. The van der Waals surface area contributed by atoms with Gasteiger partial charge in [0.2, 0.25) is 5.91 Å². The molecule has 1 aromatic heterocycles. The van der Waals surface area contributed by atoms with Crippen molar-refractivity contribution >= 4 is 59.7 Å². The van der Waals surface area contributed by atoms with Crippen LogP contribution < -0.4 is 5.32 Å². The lowest BCUT2D eigenvalue weighted by atomic mass is 10.2. The second kappa shape index (κ2) is 7.87. The van der Waals surface area contributed by atoms with Crippen LogP contribution in [0.2, 0.25) is 5.02 Å². The van der Waals surface area contributed by atoms with Crippen LogP contribution in [-0.4, -0.2) is 25.1 Å². The summed E-state index contributed by atoms with van der Waals surface area (Å²) < 4.78 is 25.5. The molecular weight excluding hydrogens is 460 g/mol. The fourth-order valence-electron chi connectivity index (χ4n) is 2.14. The van der Waals surface area contributed by atoms with Gasteiger partial charge in [-0.3, -0.25) is 4.79 Å². The SMILES string of the molecule is O=C(CS(=O)(=O)c1ccc(Cl)cc1)Nc1nc(-c2ccc(Br)cc2)cs1. The number of nitrogens with one attached hydrogen (secondary N) is 1. The molecule has 26 heavy (non-hydrogen) atoms. The van der Waals surface area contributed by atoms with E-state index in [9.17, 15) is 13.2 Å². The summed E-state index contributed by atoms with van der Waals surface area (Å²) >= 11 is 10.4. The van der Waals surface area contributed by atoms with Crippen molar-refractivity contribution in [3.63, 3.8) is 0 Å². The molecule has 5 nitrogen and oxygen atoms in total. The van der Waals surface area contributed by atoms with Crippen molar-refractivity contribution in [2.24, 2.45) is 0 Å². The number of carbonyl (C=O) groups excluding carboxylic acids is 1. The summed E-state index contributed by atoms with van der Waals surface area (Å²) in [5.41, 5.74) is 1.61. The average Bonchev–Trinajstić information content (AvgIpc) is 3.03. The molecule has 2 aromatic carbocycles. The smallest absolute Gasteiger partial charge is 0.241 e. The molecule has 0 radical (unpaired) electrons. The number of carbonyl (C=O) groups is 1. The van der Waals surface area contributed by atoms with Crippen molar-refractivity contribution in [2.75, 3.05) is 11.1 Å². The first-order valence-corrected chi connectivity index (χ1v) is 11.0. The van der Waals surface area contributed by atoms with Gasteiger partial charge in [-0.15, -0.1) is 11.3 Å². The van der Waals surface area contributed by atoms with Crippen LogP contribution in [0.5, 0.6) is 0 Å². The fourth-order valence-corrected chi connectivity index (χ4v) is 4.40. The summed E-state index contributed by atoms with van der Waals surface area (Å²) in [6.45, 7) is 0. The van der Waals surface area contributed by atoms with Gasteiger partial charge in [-0.25, -0.2) is 13.4 Å². The van der Waals surface area contributed by atoms with Crippen molar-refractivity contribution in [1.82, 2.24) is 4.98 Å². The lowest BCUT2D eigenvalue weighted by Gasteiger charge is -2.04. The normalized spacial score (nSPS) is 11.3. The molecule has 3 aromatic rings. The maximum Gasteiger partial charge on any atom is 0.241 e. The summed E-state index contributed by atoms with van der Waals surface area (Å²) in [4.78, 5) is 16.5. The highest BCUT2D eigenvalue weighted by Crippen LogP contribution is 2.26. The number of thiazole rings is 1. The quantitative estimate of drug-likeness (QED) is 0.588. The standard InChI is InChI=1S/C17H12BrClN2O3S2/c18-12-3-1-11(2-4-12)15-9-25-17(20-15)21-16(22)10-26(23,24)14-7-5-13(19)6-8-14/h1-9H,10H2,(H,20,21,22). The molecule has 0 saturated carbocycles. The molecule has 0 saturated heterocycles. The lowest BCUT2D eigenvalue weighted by Crippen LogP contribution is -2.22. The molecule has 0 spiro atoms. The molecule has 0 atom stereocenters. The molecule has 0 aliphatic carbocycles. The number of sulfone groups is 1. The highest BCUT2D eigenvalue weighted by atomic mass is 79.9. The van der Waals surface area contributed by atoms with E-state index in [0.717, 1.165) is 10.0 Å². The van der Waals surface area contributed by atoms with Crippen molar-refractivity contribution in [3.8, 4) is 11.3 Å². The summed E-state index contributed by atoms with van der Waals surface area (Å²) in [6, 6.07) is 13.3. The Hall–Kier alpha value is -1.74. The first kappa shape index (κ1) is 19.0. The predicted octanol–water partition coefficient (Wildman–Crippen LogP) is 4.64. The molecule has 9 heteroatoms. The number of nitrogens with zero attached hydrogens (tertiary/aromatic N) is 1. The maximum absolute atomic E-state index is 12.3. The number of hydrogen-bond acceptors (Lipinski definition) is 5. The minimum absolute atomic E-state index is 0.0479. The molecule has 1 N–H and O–H groups in total. The van der Waals surface area contributed by atoms with E-state index in [4.69, 9.17) is 11.6 Å². The number of halogens is 2. The van der Waals surface area contributed by atoms with E-state index < -0.39 is 21.5 Å². The molecular formula is C17H12BrClN2O3S2. The number of anilines is 1. The summed E-state index contributed by atoms with van der Waals surface area (Å²) in [5.74, 6) is -1.31. The number of rotatable bonds is 5. The number of aromatic nitrogens is 1. The van der Waals surface area contributed by atoms with Crippen molar-refractivity contribution < 1.29 is 13.2 Å². The van der Waals surface area contributed by atoms with Crippen molar-refractivity contribution in [1.29, 1.82) is 0 Å². The summed E-state index contributed by atoms with van der Waals surface area (Å²) in [5, 5.41) is 5.11.